The van der Waals surface area contributed by atoms with Crippen LogP contribution in [0.3, 0.4) is 0 Å². The highest BCUT2D eigenvalue weighted by molar-refractivity contribution is 7.92. The molecule has 0 aromatic heterocycles. The first-order valence-electron chi connectivity index (χ1n) is 8.65. The summed E-state index contributed by atoms with van der Waals surface area (Å²) in [6.07, 6.45) is 4.71. The van der Waals surface area contributed by atoms with Crippen LogP contribution in [0.4, 0.5) is 0 Å². The molecule has 0 saturated heterocycles. The molecule has 1 aromatic rings. The third-order valence-electron chi connectivity index (χ3n) is 6.09. The zero-order chi connectivity index (χ0) is 16.9. The number of carbonyl (C=O) groups is 1. The topological polar surface area (TPSA) is 61.6 Å². The molecule has 1 aliphatic heterocycles. The molecule has 0 spiro atoms. The second kappa shape index (κ2) is 5.81. The molecule has 2 aliphatic carbocycles. The molecule has 2 N–H and O–H groups in total. The third kappa shape index (κ3) is 2.29. The Kier molecular flexibility index (Phi) is 3.88. The van der Waals surface area contributed by atoms with Gasteiger partial charge in [0, 0.05) is 23.5 Å². The summed E-state index contributed by atoms with van der Waals surface area (Å²) >= 11 is 0.838. The Balaban J connectivity index is 1.80. The predicted molar refractivity (Wildman–Crippen MR) is 95.5 cm³/mol. The Labute approximate surface area is 147 Å². The molecule has 3 aliphatic rings. The predicted octanol–water partition coefficient (Wildman–Crippen LogP) is 4.29. The van der Waals surface area contributed by atoms with E-state index in [0.29, 0.717) is 17.5 Å². The van der Waals surface area contributed by atoms with Crippen molar-refractivity contribution in [1.82, 2.24) is 0 Å². The van der Waals surface area contributed by atoms with Crippen molar-refractivity contribution in [2.24, 2.45) is 16.5 Å². The molecule has 5 heteroatoms. The molecule has 1 aromatic carbocycles. The maximum atomic E-state index is 12.6. The fraction of sp³-hybridized carbons (Fsp3) is 0.526. The van der Waals surface area contributed by atoms with Crippen molar-refractivity contribution in [2.45, 2.75) is 52.1 Å². The minimum atomic E-state index is -0.203. The Morgan fingerprint density at radius 3 is 3.00 bits per heavy atom. The van der Waals surface area contributed by atoms with Crippen molar-refractivity contribution in [2.75, 3.05) is 0 Å². The normalized spacial score (nSPS) is 31.7. The molecule has 0 radical (unpaired) electrons. The first kappa shape index (κ1) is 16.0. The van der Waals surface area contributed by atoms with Gasteiger partial charge in [-0.3, -0.25) is 4.79 Å². The lowest BCUT2D eigenvalue weighted by Crippen LogP contribution is -2.46. The maximum Gasteiger partial charge on any atom is 0.142 e. The summed E-state index contributed by atoms with van der Waals surface area (Å²) in [6, 6.07) is 5.91. The van der Waals surface area contributed by atoms with Crippen molar-refractivity contribution in [3.63, 3.8) is 0 Å². The highest BCUT2D eigenvalue weighted by atomic mass is 32.2. The number of carbonyl (C=O) groups excluding carboxylic acids is 1. The first-order valence-corrected chi connectivity index (χ1v) is 9.46. The molecule has 3 atom stereocenters. The van der Waals surface area contributed by atoms with Gasteiger partial charge in [-0.05, 0) is 61.8 Å². The van der Waals surface area contributed by atoms with Gasteiger partial charge in [0.1, 0.15) is 35.6 Å². The lowest BCUT2D eigenvalue weighted by molar-refractivity contribution is -0.134. The van der Waals surface area contributed by atoms with Gasteiger partial charge in [0.25, 0.3) is 0 Å². The summed E-state index contributed by atoms with van der Waals surface area (Å²) in [5, 5.41) is 5.38. The number of rotatable bonds is 2. The van der Waals surface area contributed by atoms with Gasteiger partial charge < -0.3 is 8.92 Å². The van der Waals surface area contributed by atoms with Gasteiger partial charge in [0.05, 0.1) is 0 Å². The largest absolute Gasteiger partial charge is 0.486 e. The number of fused-ring (bicyclic) bond motifs is 4. The van der Waals surface area contributed by atoms with Crippen LogP contribution < -0.4 is 14.1 Å². The highest BCUT2D eigenvalue weighted by Gasteiger charge is 2.50. The maximum absolute atomic E-state index is 12.6. The molecule has 128 valence electrons. The molecule has 1 heterocycles. The second-order valence-electron chi connectivity index (χ2n) is 7.32. The van der Waals surface area contributed by atoms with E-state index < -0.39 is 0 Å². The fourth-order valence-corrected chi connectivity index (χ4v) is 5.06. The number of ether oxygens (including phenoxy) is 1. The number of Topliss-reactive ketones (excluding diaryl/α,β-unsaturated/α-hetero) is 1. The van der Waals surface area contributed by atoms with E-state index in [9.17, 15) is 4.79 Å². The van der Waals surface area contributed by atoms with Crippen molar-refractivity contribution in [1.29, 1.82) is 0 Å². The number of ketones is 1. The van der Waals surface area contributed by atoms with Gasteiger partial charge in [0.15, 0.2) is 0 Å². The van der Waals surface area contributed by atoms with Crippen molar-refractivity contribution >= 4 is 23.6 Å². The van der Waals surface area contributed by atoms with E-state index >= 15 is 0 Å². The van der Waals surface area contributed by atoms with Crippen molar-refractivity contribution in [3.05, 3.63) is 29.3 Å². The molecule has 4 rings (SSSR count). The summed E-state index contributed by atoms with van der Waals surface area (Å²) in [5.74, 6) is 2.32. The van der Waals surface area contributed by atoms with Gasteiger partial charge in [-0.1, -0.05) is 6.92 Å². The minimum absolute atomic E-state index is 0.00352. The van der Waals surface area contributed by atoms with E-state index in [4.69, 9.17) is 14.1 Å². The van der Waals surface area contributed by atoms with E-state index in [0.717, 1.165) is 55.6 Å². The number of nitrogens with two attached hydrogens (primary N) is 1. The summed E-state index contributed by atoms with van der Waals surface area (Å²) in [4.78, 5) is 12.6. The van der Waals surface area contributed by atoms with Gasteiger partial charge in [0.2, 0.25) is 0 Å². The lowest BCUT2D eigenvalue weighted by atomic mass is 9.56. The average molecular weight is 345 g/mol. The SMILES string of the molecule is CC1Oc2cc(OSN)ccc2C2=C1C1CCCC(=O)C1(C)CC2. The molecule has 24 heavy (non-hydrogen) atoms. The van der Waals surface area contributed by atoms with Gasteiger partial charge in [-0.25, -0.2) is 5.14 Å². The smallest absolute Gasteiger partial charge is 0.142 e. The number of allylic oxidation sites excluding steroid dienone is 1. The Hall–Kier alpha value is -1.46. The molecular weight excluding hydrogens is 322 g/mol. The standard InChI is InChI=1S/C19H23NO3S/c1-11-18-14(8-9-19(2)15(18)4-3-5-17(19)21)13-7-6-12(23-24-20)10-16(13)22-11/h6-7,10-11,15H,3-5,8-9,20H2,1-2H3. The van der Waals surface area contributed by atoms with E-state index in [1.54, 1.807) is 0 Å². The molecule has 1 saturated carbocycles. The van der Waals surface area contributed by atoms with Crippen LogP contribution in [0.5, 0.6) is 11.5 Å². The van der Waals surface area contributed by atoms with Crippen LogP contribution in [0.2, 0.25) is 0 Å². The molecular formula is C19H23NO3S. The van der Waals surface area contributed by atoms with Crippen molar-refractivity contribution < 1.29 is 13.7 Å². The van der Waals surface area contributed by atoms with Crippen molar-refractivity contribution in [3.8, 4) is 11.5 Å². The summed E-state index contributed by atoms with van der Waals surface area (Å²) in [6.45, 7) is 4.27. The van der Waals surface area contributed by atoms with Crippen LogP contribution in [0.25, 0.3) is 5.57 Å². The molecule has 3 unspecified atom stereocenters. The number of benzene rings is 1. The van der Waals surface area contributed by atoms with E-state index in [1.807, 2.05) is 12.1 Å². The van der Waals surface area contributed by atoms with E-state index in [1.165, 1.54) is 11.1 Å². The Morgan fingerprint density at radius 2 is 2.21 bits per heavy atom. The quantitative estimate of drug-likeness (QED) is 0.640. The Bertz CT molecular complexity index is 729. The Morgan fingerprint density at radius 1 is 1.38 bits per heavy atom. The van der Waals surface area contributed by atoms with Gasteiger partial charge in [-0.2, -0.15) is 0 Å². The van der Waals surface area contributed by atoms with Crippen LogP contribution >= 0.6 is 12.2 Å². The van der Waals surface area contributed by atoms with Crippen LogP contribution in [0.15, 0.2) is 23.8 Å². The number of hydrogen-bond acceptors (Lipinski definition) is 5. The monoisotopic (exact) mass is 345 g/mol. The molecule has 4 nitrogen and oxygen atoms in total. The molecule has 1 fully saturated rings. The number of hydrogen-bond donors (Lipinski definition) is 1. The zero-order valence-electron chi connectivity index (χ0n) is 14.1. The van der Waals surface area contributed by atoms with E-state index in [-0.39, 0.29) is 11.5 Å². The fourth-order valence-electron chi connectivity index (χ4n) is 4.85. The molecule has 0 amide bonds. The van der Waals surface area contributed by atoms with Crippen LogP contribution in [0, 0.1) is 11.3 Å². The summed E-state index contributed by atoms with van der Waals surface area (Å²) in [7, 11) is 0. The summed E-state index contributed by atoms with van der Waals surface area (Å²) < 4.78 is 11.5. The minimum Gasteiger partial charge on any atom is -0.486 e. The van der Waals surface area contributed by atoms with E-state index in [2.05, 4.69) is 19.9 Å². The third-order valence-corrected chi connectivity index (χ3v) is 6.37. The van der Waals surface area contributed by atoms with Crippen LogP contribution in [-0.2, 0) is 4.79 Å². The lowest BCUT2D eigenvalue weighted by Gasteiger charge is -2.48. The molecule has 0 bridgehead atoms. The highest BCUT2D eigenvalue weighted by Crippen LogP contribution is 2.56. The van der Waals surface area contributed by atoms with Gasteiger partial charge in [-0.15, -0.1) is 0 Å². The zero-order valence-corrected chi connectivity index (χ0v) is 14.9. The average Bonchev–Trinajstić information content (AvgIpc) is 2.56. The first-order chi connectivity index (χ1) is 11.5. The summed E-state index contributed by atoms with van der Waals surface area (Å²) in [5.41, 5.74) is 3.68. The second-order valence-corrected chi connectivity index (χ2v) is 7.68. The van der Waals surface area contributed by atoms with Gasteiger partial charge >= 0.3 is 0 Å². The van der Waals surface area contributed by atoms with Crippen LogP contribution in [0.1, 0.15) is 51.5 Å². The van der Waals surface area contributed by atoms with Crippen LogP contribution in [-0.4, -0.2) is 11.9 Å².